The van der Waals surface area contributed by atoms with Gasteiger partial charge in [-0.2, -0.15) is 0 Å². The molecule has 0 atom stereocenters. The van der Waals surface area contributed by atoms with Gasteiger partial charge in [0.2, 0.25) is 0 Å². The Hall–Kier alpha value is -2.73. The maximum atomic E-state index is 5.26. The van der Waals surface area contributed by atoms with E-state index in [0.717, 1.165) is 42.5 Å². The lowest BCUT2D eigenvalue weighted by Gasteiger charge is -2.18. The molecule has 2 aromatic carbocycles. The van der Waals surface area contributed by atoms with Crippen LogP contribution < -0.4 is 19.7 Å². The van der Waals surface area contributed by atoms with Gasteiger partial charge in [0.15, 0.2) is 12.6 Å². The second kappa shape index (κ2) is 8.39. The Morgan fingerprint density at radius 1 is 1.00 bits per heavy atom. The van der Waals surface area contributed by atoms with E-state index in [2.05, 4.69) is 27.5 Å². The average molecular weight is 341 g/mol. The van der Waals surface area contributed by atoms with Crippen LogP contribution in [0.1, 0.15) is 12.0 Å². The third-order valence-electron chi connectivity index (χ3n) is 4.07. The fourth-order valence-corrected chi connectivity index (χ4v) is 2.63. The Balaban J connectivity index is 1.48. The molecular weight excluding hydrogens is 318 g/mol. The van der Waals surface area contributed by atoms with Gasteiger partial charge in [-0.25, -0.2) is 0 Å². The van der Waals surface area contributed by atoms with Crippen molar-refractivity contribution in [1.82, 2.24) is 5.32 Å². The average Bonchev–Trinajstić information content (AvgIpc) is 3.14. The zero-order valence-electron chi connectivity index (χ0n) is 14.6. The predicted molar refractivity (Wildman–Crippen MR) is 98.2 cm³/mol. The molecule has 0 saturated heterocycles. The number of nitrogens with zero attached hydrogens (tertiary/aromatic N) is 2. The van der Waals surface area contributed by atoms with Crippen molar-refractivity contribution in [3.8, 4) is 11.5 Å². The fourth-order valence-electron chi connectivity index (χ4n) is 2.63. The van der Waals surface area contributed by atoms with Crippen LogP contribution in [0.4, 0.5) is 5.69 Å². The number of hydrogen-bond donors (Lipinski definition) is 1. The summed E-state index contributed by atoms with van der Waals surface area (Å²) in [4.78, 5) is 7.33. The Morgan fingerprint density at radius 3 is 2.28 bits per heavy atom. The third-order valence-corrected chi connectivity index (χ3v) is 4.07. The SMILES string of the molecule is COc1ccc(CNCCC2=NOCN2c2ccc(OC)cc2)cc1. The van der Waals surface area contributed by atoms with Crippen LogP contribution >= 0.6 is 0 Å². The number of amidine groups is 1. The fraction of sp³-hybridized carbons (Fsp3) is 0.316. The highest BCUT2D eigenvalue weighted by molar-refractivity contribution is 5.98. The van der Waals surface area contributed by atoms with Gasteiger partial charge in [0.25, 0.3) is 0 Å². The van der Waals surface area contributed by atoms with Crippen molar-refractivity contribution < 1.29 is 14.3 Å². The molecule has 0 amide bonds. The first kappa shape index (κ1) is 17.1. The summed E-state index contributed by atoms with van der Waals surface area (Å²) in [5.74, 6) is 2.63. The highest BCUT2D eigenvalue weighted by Crippen LogP contribution is 2.22. The first-order valence-electron chi connectivity index (χ1n) is 8.24. The van der Waals surface area contributed by atoms with Crippen molar-refractivity contribution in [2.24, 2.45) is 5.16 Å². The van der Waals surface area contributed by atoms with Crippen molar-refractivity contribution in [1.29, 1.82) is 0 Å². The highest BCUT2D eigenvalue weighted by Gasteiger charge is 2.20. The number of nitrogens with one attached hydrogen (secondary N) is 1. The Labute approximate surface area is 148 Å². The van der Waals surface area contributed by atoms with Gasteiger partial charge in [0, 0.05) is 25.2 Å². The van der Waals surface area contributed by atoms with Crippen LogP contribution in [0.15, 0.2) is 53.7 Å². The number of methoxy groups -OCH3 is 2. The molecule has 1 aliphatic rings. The quantitative estimate of drug-likeness (QED) is 0.748. The minimum absolute atomic E-state index is 0.445. The molecule has 6 heteroatoms. The maximum absolute atomic E-state index is 5.26. The van der Waals surface area contributed by atoms with Crippen molar-refractivity contribution in [3.63, 3.8) is 0 Å². The van der Waals surface area contributed by atoms with Gasteiger partial charge in [-0.15, -0.1) is 0 Å². The van der Waals surface area contributed by atoms with Gasteiger partial charge in [-0.05, 0) is 42.0 Å². The van der Waals surface area contributed by atoms with Crippen molar-refractivity contribution in [3.05, 3.63) is 54.1 Å². The monoisotopic (exact) mass is 341 g/mol. The number of anilines is 1. The number of oxime groups is 1. The molecular formula is C19H23N3O3. The van der Waals surface area contributed by atoms with Crippen molar-refractivity contribution in [2.45, 2.75) is 13.0 Å². The van der Waals surface area contributed by atoms with E-state index in [9.17, 15) is 0 Å². The Morgan fingerprint density at radius 2 is 1.64 bits per heavy atom. The Kier molecular flexibility index (Phi) is 5.74. The molecule has 0 radical (unpaired) electrons. The molecule has 25 heavy (non-hydrogen) atoms. The summed E-state index contributed by atoms with van der Waals surface area (Å²) in [6, 6.07) is 16.0. The van der Waals surface area contributed by atoms with E-state index in [-0.39, 0.29) is 0 Å². The van der Waals surface area contributed by atoms with Gasteiger partial charge in [-0.3, -0.25) is 4.90 Å². The first-order chi connectivity index (χ1) is 12.3. The molecule has 1 N–H and O–H groups in total. The minimum atomic E-state index is 0.445. The lowest BCUT2D eigenvalue weighted by molar-refractivity contribution is 0.174. The van der Waals surface area contributed by atoms with E-state index in [1.54, 1.807) is 14.2 Å². The van der Waals surface area contributed by atoms with E-state index in [1.165, 1.54) is 5.56 Å². The van der Waals surface area contributed by atoms with E-state index in [0.29, 0.717) is 6.73 Å². The van der Waals surface area contributed by atoms with Crippen LogP contribution in [0.3, 0.4) is 0 Å². The number of hydrogen-bond acceptors (Lipinski definition) is 6. The number of benzene rings is 2. The molecule has 0 fully saturated rings. The first-order valence-corrected chi connectivity index (χ1v) is 8.24. The Bertz CT molecular complexity index is 699. The van der Waals surface area contributed by atoms with Crippen LogP contribution in [0.2, 0.25) is 0 Å². The normalized spacial score (nSPS) is 13.4. The zero-order chi connectivity index (χ0) is 17.5. The van der Waals surface area contributed by atoms with Crippen LogP contribution in [0.5, 0.6) is 11.5 Å². The largest absolute Gasteiger partial charge is 0.497 e. The van der Waals surface area contributed by atoms with Gasteiger partial charge in [-0.1, -0.05) is 17.3 Å². The lowest BCUT2D eigenvalue weighted by Crippen LogP contribution is -2.30. The van der Waals surface area contributed by atoms with Crippen LogP contribution in [-0.2, 0) is 11.4 Å². The molecule has 0 aromatic heterocycles. The topological polar surface area (TPSA) is 55.3 Å². The molecule has 6 nitrogen and oxygen atoms in total. The van der Waals surface area contributed by atoms with E-state index >= 15 is 0 Å². The van der Waals surface area contributed by atoms with Crippen molar-refractivity contribution >= 4 is 11.5 Å². The number of ether oxygens (including phenoxy) is 2. The molecule has 2 aromatic rings. The highest BCUT2D eigenvalue weighted by atomic mass is 16.7. The number of rotatable bonds is 8. The van der Waals surface area contributed by atoms with Crippen molar-refractivity contribution in [2.75, 3.05) is 32.4 Å². The molecule has 0 saturated carbocycles. The summed E-state index contributed by atoms with van der Waals surface area (Å²) in [5, 5.41) is 7.59. The van der Waals surface area contributed by atoms with Gasteiger partial charge in [0.1, 0.15) is 11.5 Å². The van der Waals surface area contributed by atoms with E-state index in [4.69, 9.17) is 14.3 Å². The second-order valence-electron chi connectivity index (χ2n) is 5.67. The molecule has 1 heterocycles. The van der Waals surface area contributed by atoms with Gasteiger partial charge >= 0.3 is 0 Å². The predicted octanol–water partition coefficient (Wildman–Crippen LogP) is 2.99. The molecule has 0 bridgehead atoms. The summed E-state index contributed by atoms with van der Waals surface area (Å²) in [6.45, 7) is 2.07. The van der Waals surface area contributed by atoms with Crippen LogP contribution in [0.25, 0.3) is 0 Å². The molecule has 132 valence electrons. The van der Waals surface area contributed by atoms with Gasteiger partial charge in [0.05, 0.1) is 14.2 Å². The summed E-state index contributed by atoms with van der Waals surface area (Å²) in [6.07, 6.45) is 0.794. The van der Waals surface area contributed by atoms with Crippen LogP contribution in [-0.4, -0.2) is 33.3 Å². The maximum Gasteiger partial charge on any atom is 0.195 e. The summed E-state index contributed by atoms with van der Waals surface area (Å²) >= 11 is 0. The molecule has 0 unspecified atom stereocenters. The van der Waals surface area contributed by atoms with E-state index in [1.807, 2.05) is 36.4 Å². The molecule has 3 rings (SSSR count). The summed E-state index contributed by atoms with van der Waals surface area (Å²) in [5.41, 5.74) is 2.27. The van der Waals surface area contributed by atoms with Gasteiger partial charge < -0.3 is 19.6 Å². The zero-order valence-corrected chi connectivity index (χ0v) is 14.6. The van der Waals surface area contributed by atoms with Crippen LogP contribution in [0, 0.1) is 0 Å². The smallest absolute Gasteiger partial charge is 0.195 e. The molecule has 0 aliphatic carbocycles. The van der Waals surface area contributed by atoms with E-state index < -0.39 is 0 Å². The summed E-state index contributed by atoms with van der Waals surface area (Å²) in [7, 11) is 3.33. The standard InChI is InChI=1S/C19H23N3O3/c1-23-17-7-3-15(4-8-17)13-20-12-11-19-21-25-14-22(19)16-5-9-18(24-2)10-6-16/h3-10,20H,11-14H2,1-2H3. The molecule has 1 aliphatic heterocycles. The lowest BCUT2D eigenvalue weighted by atomic mass is 10.2. The summed E-state index contributed by atoms with van der Waals surface area (Å²) < 4.78 is 10.4. The molecule has 0 spiro atoms. The second-order valence-corrected chi connectivity index (χ2v) is 5.67. The minimum Gasteiger partial charge on any atom is -0.497 e. The third kappa shape index (κ3) is 4.42.